The van der Waals surface area contributed by atoms with Crippen LogP contribution in [0.1, 0.15) is 5.69 Å². The second kappa shape index (κ2) is 3.48. The van der Waals surface area contributed by atoms with Gasteiger partial charge in [-0.25, -0.2) is 9.97 Å². The minimum atomic E-state index is 0.310. The van der Waals surface area contributed by atoms with Gasteiger partial charge in [-0.1, -0.05) is 0 Å². The lowest BCUT2D eigenvalue weighted by Crippen LogP contribution is -2.02. The molecule has 0 amide bonds. The molecule has 0 atom stereocenters. The molecule has 3 heterocycles. The predicted octanol–water partition coefficient (Wildman–Crippen LogP) is 0.472. The van der Waals surface area contributed by atoms with E-state index in [2.05, 4.69) is 25.3 Å². The van der Waals surface area contributed by atoms with E-state index in [0.717, 1.165) is 5.69 Å². The zero-order chi connectivity index (χ0) is 11.8. The summed E-state index contributed by atoms with van der Waals surface area (Å²) < 4.78 is 1.61. The number of nitrogen functional groups attached to an aromatic ring is 1. The van der Waals surface area contributed by atoms with E-state index in [-0.39, 0.29) is 0 Å². The van der Waals surface area contributed by atoms with E-state index < -0.39 is 0 Å². The summed E-state index contributed by atoms with van der Waals surface area (Å²) in [5.41, 5.74) is 7.75. The lowest BCUT2D eigenvalue weighted by atomic mass is 10.4. The van der Waals surface area contributed by atoms with Gasteiger partial charge in [0.25, 0.3) is 0 Å². The first kappa shape index (κ1) is 9.64. The Hall–Kier alpha value is -2.57. The Balaban J connectivity index is 2.31. The second-order valence-electron chi connectivity index (χ2n) is 3.56. The topological polar surface area (TPSA) is 94.9 Å². The standard InChI is InChI=1S/C10H9N7/c1-6-2-3-7-14-15-10(17(7)16-6)8-9(11)13-5-4-12-8/h2-5H,1H3,(H2,11,13). The summed E-state index contributed by atoms with van der Waals surface area (Å²) in [7, 11) is 0. The number of hydrogen-bond acceptors (Lipinski definition) is 6. The summed E-state index contributed by atoms with van der Waals surface area (Å²) in [4.78, 5) is 8.12. The number of hydrogen-bond donors (Lipinski definition) is 1. The van der Waals surface area contributed by atoms with Crippen LogP contribution in [-0.4, -0.2) is 29.8 Å². The van der Waals surface area contributed by atoms with E-state index in [9.17, 15) is 0 Å². The molecule has 7 heteroatoms. The number of aromatic nitrogens is 6. The molecule has 0 aliphatic rings. The first-order valence-corrected chi connectivity index (χ1v) is 5.01. The number of nitrogens with two attached hydrogens (primary N) is 1. The smallest absolute Gasteiger partial charge is 0.207 e. The molecular weight excluding hydrogens is 218 g/mol. The van der Waals surface area contributed by atoms with Crippen LogP contribution in [0.15, 0.2) is 24.5 Å². The van der Waals surface area contributed by atoms with Crippen LogP contribution < -0.4 is 5.73 Å². The fourth-order valence-electron chi connectivity index (χ4n) is 1.55. The molecule has 0 aliphatic heterocycles. The number of aryl methyl sites for hydroxylation is 1. The second-order valence-corrected chi connectivity index (χ2v) is 3.56. The minimum absolute atomic E-state index is 0.310. The van der Waals surface area contributed by atoms with Gasteiger partial charge in [-0.15, -0.1) is 10.2 Å². The first-order valence-electron chi connectivity index (χ1n) is 5.01. The van der Waals surface area contributed by atoms with Gasteiger partial charge >= 0.3 is 0 Å². The van der Waals surface area contributed by atoms with Crippen LogP contribution in [0.2, 0.25) is 0 Å². The van der Waals surface area contributed by atoms with Crippen LogP contribution in [0, 0.1) is 6.92 Å². The summed E-state index contributed by atoms with van der Waals surface area (Å²) in [6.45, 7) is 1.89. The van der Waals surface area contributed by atoms with Crippen LogP contribution in [0.3, 0.4) is 0 Å². The lowest BCUT2D eigenvalue weighted by molar-refractivity contribution is 0.896. The minimum Gasteiger partial charge on any atom is -0.382 e. The fourth-order valence-corrected chi connectivity index (χ4v) is 1.55. The molecule has 0 fully saturated rings. The van der Waals surface area contributed by atoms with Gasteiger partial charge in [-0.2, -0.15) is 9.61 Å². The van der Waals surface area contributed by atoms with Crippen LogP contribution in [0.4, 0.5) is 5.82 Å². The molecule has 0 aliphatic carbocycles. The molecule has 0 saturated heterocycles. The Morgan fingerprint density at radius 1 is 1.12 bits per heavy atom. The molecule has 17 heavy (non-hydrogen) atoms. The van der Waals surface area contributed by atoms with E-state index in [4.69, 9.17) is 5.73 Å². The monoisotopic (exact) mass is 227 g/mol. The number of fused-ring (bicyclic) bond motifs is 1. The maximum absolute atomic E-state index is 5.76. The zero-order valence-electron chi connectivity index (χ0n) is 9.07. The van der Waals surface area contributed by atoms with Gasteiger partial charge in [-0.05, 0) is 19.1 Å². The maximum atomic E-state index is 5.76. The van der Waals surface area contributed by atoms with Crippen molar-refractivity contribution in [1.82, 2.24) is 29.8 Å². The third-order valence-corrected chi connectivity index (χ3v) is 2.33. The highest BCUT2D eigenvalue weighted by molar-refractivity contribution is 5.64. The Morgan fingerprint density at radius 2 is 1.94 bits per heavy atom. The van der Waals surface area contributed by atoms with Crippen molar-refractivity contribution in [3.05, 3.63) is 30.2 Å². The van der Waals surface area contributed by atoms with Crippen molar-refractivity contribution >= 4 is 11.5 Å². The Bertz CT molecular complexity index is 688. The predicted molar refractivity (Wildman–Crippen MR) is 61.0 cm³/mol. The fraction of sp³-hybridized carbons (Fsp3) is 0.100. The van der Waals surface area contributed by atoms with E-state index in [1.54, 1.807) is 10.7 Å². The average molecular weight is 227 g/mol. The number of anilines is 1. The quantitative estimate of drug-likeness (QED) is 0.649. The normalized spacial score (nSPS) is 10.9. The molecule has 7 nitrogen and oxygen atoms in total. The van der Waals surface area contributed by atoms with Gasteiger partial charge in [0.15, 0.2) is 17.2 Å². The summed E-state index contributed by atoms with van der Waals surface area (Å²) in [5, 5.41) is 12.4. The first-order chi connectivity index (χ1) is 8.25. The van der Waals surface area contributed by atoms with Crippen LogP contribution in [-0.2, 0) is 0 Å². The van der Waals surface area contributed by atoms with Gasteiger partial charge in [-0.3, -0.25) is 0 Å². The van der Waals surface area contributed by atoms with Gasteiger partial charge in [0, 0.05) is 12.4 Å². The van der Waals surface area contributed by atoms with Crippen molar-refractivity contribution in [2.75, 3.05) is 5.73 Å². The van der Waals surface area contributed by atoms with Gasteiger partial charge in [0.1, 0.15) is 0 Å². The van der Waals surface area contributed by atoms with E-state index >= 15 is 0 Å². The van der Waals surface area contributed by atoms with Crippen molar-refractivity contribution in [2.45, 2.75) is 6.92 Å². The maximum Gasteiger partial charge on any atom is 0.207 e. The lowest BCUT2D eigenvalue weighted by Gasteiger charge is -2.01. The van der Waals surface area contributed by atoms with Crippen molar-refractivity contribution in [2.24, 2.45) is 0 Å². The highest BCUT2D eigenvalue weighted by Gasteiger charge is 2.13. The van der Waals surface area contributed by atoms with Crippen LogP contribution in [0.5, 0.6) is 0 Å². The van der Waals surface area contributed by atoms with Crippen molar-refractivity contribution in [3.8, 4) is 11.5 Å². The van der Waals surface area contributed by atoms with E-state index in [0.29, 0.717) is 23.0 Å². The molecule has 84 valence electrons. The van der Waals surface area contributed by atoms with Gasteiger partial charge in [0.05, 0.1) is 5.69 Å². The molecule has 0 saturated carbocycles. The van der Waals surface area contributed by atoms with E-state index in [1.165, 1.54) is 6.20 Å². The third-order valence-electron chi connectivity index (χ3n) is 2.33. The molecule has 0 spiro atoms. The van der Waals surface area contributed by atoms with Gasteiger partial charge in [0.2, 0.25) is 5.82 Å². The van der Waals surface area contributed by atoms with Crippen molar-refractivity contribution < 1.29 is 0 Å². The van der Waals surface area contributed by atoms with Crippen LogP contribution >= 0.6 is 0 Å². The average Bonchev–Trinajstić information content (AvgIpc) is 2.72. The van der Waals surface area contributed by atoms with Crippen molar-refractivity contribution in [3.63, 3.8) is 0 Å². The molecule has 3 aromatic rings. The molecule has 2 N–H and O–H groups in total. The van der Waals surface area contributed by atoms with Gasteiger partial charge < -0.3 is 5.73 Å². The number of nitrogens with zero attached hydrogens (tertiary/aromatic N) is 6. The summed E-state index contributed by atoms with van der Waals surface area (Å²) in [6, 6.07) is 3.71. The summed E-state index contributed by atoms with van der Waals surface area (Å²) in [6.07, 6.45) is 3.09. The Morgan fingerprint density at radius 3 is 2.76 bits per heavy atom. The largest absolute Gasteiger partial charge is 0.382 e. The molecule has 0 bridgehead atoms. The van der Waals surface area contributed by atoms with E-state index in [1.807, 2.05) is 19.1 Å². The Kier molecular flexibility index (Phi) is 1.97. The number of rotatable bonds is 1. The highest BCUT2D eigenvalue weighted by atomic mass is 15.4. The Labute approximate surface area is 96.3 Å². The zero-order valence-corrected chi connectivity index (χ0v) is 9.07. The molecule has 0 radical (unpaired) electrons. The molecule has 0 aromatic carbocycles. The molecular formula is C10H9N7. The molecule has 3 rings (SSSR count). The highest BCUT2D eigenvalue weighted by Crippen LogP contribution is 2.18. The summed E-state index contributed by atoms with van der Waals surface area (Å²) >= 11 is 0. The van der Waals surface area contributed by atoms with Crippen LogP contribution in [0.25, 0.3) is 17.2 Å². The van der Waals surface area contributed by atoms with Crippen molar-refractivity contribution in [1.29, 1.82) is 0 Å². The summed E-state index contributed by atoms with van der Waals surface area (Å²) in [5.74, 6) is 0.805. The molecule has 0 unspecified atom stereocenters. The molecule has 3 aromatic heterocycles. The third kappa shape index (κ3) is 1.48. The SMILES string of the molecule is Cc1ccc2nnc(-c3nccnc3N)n2n1.